The molecular weight excluding hydrogens is 442 g/mol. The van der Waals surface area contributed by atoms with Gasteiger partial charge in [0.1, 0.15) is 0 Å². The summed E-state index contributed by atoms with van der Waals surface area (Å²) < 4.78 is 10.8. The van der Waals surface area contributed by atoms with E-state index < -0.39 is 6.03 Å². The van der Waals surface area contributed by atoms with Crippen LogP contribution in [0.25, 0.3) is 10.8 Å². The van der Waals surface area contributed by atoms with E-state index in [1.807, 2.05) is 30.3 Å². The maximum absolute atomic E-state index is 13.5. The van der Waals surface area contributed by atoms with Crippen molar-refractivity contribution in [2.24, 2.45) is 5.92 Å². The number of aromatic nitrogens is 1. The summed E-state index contributed by atoms with van der Waals surface area (Å²) in [6, 6.07) is 10.6. The molecule has 3 amide bonds. The van der Waals surface area contributed by atoms with Gasteiger partial charge in [-0.2, -0.15) is 0 Å². The number of carbonyl (C=O) groups is 2. The number of carbonyl (C=O) groups excluding carboxylic acids is 2. The minimum absolute atomic E-state index is 0.0948. The van der Waals surface area contributed by atoms with Gasteiger partial charge in [-0.25, -0.2) is 9.69 Å². The number of benzene rings is 2. The van der Waals surface area contributed by atoms with Gasteiger partial charge in [0.05, 0.1) is 32.0 Å². The number of hydrogen-bond donors (Lipinski definition) is 1. The van der Waals surface area contributed by atoms with Crippen molar-refractivity contribution in [1.82, 2.24) is 10.3 Å². The van der Waals surface area contributed by atoms with Gasteiger partial charge < -0.3 is 14.8 Å². The lowest BCUT2D eigenvalue weighted by molar-refractivity contribution is -0.124. The SMILES string of the molecule is COc1cc(Cl)c(C2CCC3C(=O)N(c4cncc5ccccc45)C(=O)NC3C2)cc1OC. The van der Waals surface area contributed by atoms with Crippen LogP contribution in [0.3, 0.4) is 0 Å². The van der Waals surface area contributed by atoms with Gasteiger partial charge in [-0.1, -0.05) is 35.9 Å². The van der Waals surface area contributed by atoms with Crippen molar-refractivity contribution in [3.05, 3.63) is 59.4 Å². The predicted octanol–water partition coefficient (Wildman–Crippen LogP) is 4.91. The Morgan fingerprint density at radius 3 is 2.61 bits per heavy atom. The highest BCUT2D eigenvalue weighted by Gasteiger charge is 2.45. The largest absolute Gasteiger partial charge is 0.493 e. The standard InChI is InChI=1S/C25H24ClN3O4/c1-32-22-10-18(19(26)11-23(22)33-2)14-7-8-17-20(9-14)28-25(31)29(24(17)30)21-13-27-12-15-5-3-4-6-16(15)21/h3-6,10-14,17,20H,7-9H2,1-2H3,(H,28,31). The summed E-state index contributed by atoms with van der Waals surface area (Å²) in [5.74, 6) is 0.797. The number of pyridine rings is 1. The zero-order chi connectivity index (χ0) is 23.1. The molecule has 170 valence electrons. The number of amides is 3. The van der Waals surface area contributed by atoms with Crippen LogP contribution in [0, 0.1) is 5.92 Å². The molecule has 1 saturated heterocycles. The fraction of sp³-hybridized carbons (Fsp3) is 0.320. The van der Waals surface area contributed by atoms with Gasteiger partial charge in [0.25, 0.3) is 0 Å². The number of ether oxygens (including phenoxy) is 2. The Bertz CT molecular complexity index is 1240. The molecule has 2 aliphatic rings. The van der Waals surface area contributed by atoms with Gasteiger partial charge >= 0.3 is 6.03 Å². The van der Waals surface area contributed by atoms with Crippen LogP contribution < -0.4 is 19.7 Å². The molecule has 2 heterocycles. The van der Waals surface area contributed by atoms with E-state index in [2.05, 4.69) is 10.3 Å². The number of imide groups is 1. The summed E-state index contributed by atoms with van der Waals surface area (Å²) in [7, 11) is 3.16. The molecule has 8 heteroatoms. The second-order valence-corrected chi connectivity index (χ2v) is 8.86. The lowest BCUT2D eigenvalue weighted by Gasteiger charge is -2.42. The number of hydrogen-bond acceptors (Lipinski definition) is 5. The normalized spacial score (nSPS) is 22.6. The Morgan fingerprint density at radius 1 is 1.06 bits per heavy atom. The third-order valence-corrected chi connectivity index (χ3v) is 7.06. The minimum atomic E-state index is -0.418. The highest BCUT2D eigenvalue weighted by molar-refractivity contribution is 6.31. The fourth-order valence-corrected chi connectivity index (χ4v) is 5.39. The van der Waals surface area contributed by atoms with Gasteiger partial charge in [-0.15, -0.1) is 0 Å². The minimum Gasteiger partial charge on any atom is -0.493 e. The molecule has 0 spiro atoms. The van der Waals surface area contributed by atoms with E-state index in [1.54, 1.807) is 32.7 Å². The first-order valence-electron chi connectivity index (χ1n) is 10.9. The van der Waals surface area contributed by atoms with E-state index in [0.717, 1.165) is 22.8 Å². The molecule has 5 rings (SSSR count). The van der Waals surface area contributed by atoms with Crippen LogP contribution in [0.1, 0.15) is 30.7 Å². The second kappa shape index (κ2) is 8.56. The quantitative estimate of drug-likeness (QED) is 0.591. The Balaban J connectivity index is 1.42. The molecule has 1 aliphatic carbocycles. The van der Waals surface area contributed by atoms with Gasteiger partial charge in [-0.05, 0) is 36.8 Å². The van der Waals surface area contributed by atoms with Crippen LogP contribution in [0.2, 0.25) is 5.02 Å². The number of anilines is 1. The molecule has 2 aromatic carbocycles. The van der Waals surface area contributed by atoms with Crippen molar-refractivity contribution in [2.75, 3.05) is 19.1 Å². The van der Waals surface area contributed by atoms with E-state index in [9.17, 15) is 9.59 Å². The first kappa shape index (κ1) is 21.5. The van der Waals surface area contributed by atoms with E-state index in [-0.39, 0.29) is 23.8 Å². The number of fused-ring (bicyclic) bond motifs is 2. The molecule has 1 saturated carbocycles. The number of nitrogens with zero attached hydrogens (tertiary/aromatic N) is 2. The molecule has 1 aromatic heterocycles. The monoisotopic (exact) mass is 465 g/mol. The Labute approximate surface area is 196 Å². The third kappa shape index (κ3) is 3.66. The summed E-state index contributed by atoms with van der Waals surface area (Å²) in [5, 5.41) is 5.36. The van der Waals surface area contributed by atoms with Crippen molar-refractivity contribution >= 4 is 40.0 Å². The van der Waals surface area contributed by atoms with Gasteiger partial charge in [0.15, 0.2) is 11.5 Å². The Hall–Kier alpha value is -3.32. The molecule has 2 fully saturated rings. The number of nitrogens with one attached hydrogen (secondary N) is 1. The first-order chi connectivity index (χ1) is 16.0. The van der Waals surface area contributed by atoms with Crippen LogP contribution in [0.5, 0.6) is 11.5 Å². The molecule has 3 unspecified atom stereocenters. The summed E-state index contributed by atoms with van der Waals surface area (Å²) in [4.78, 5) is 32.1. The average Bonchev–Trinajstić information content (AvgIpc) is 2.83. The van der Waals surface area contributed by atoms with Crippen LogP contribution in [-0.2, 0) is 4.79 Å². The third-order valence-electron chi connectivity index (χ3n) is 6.73. The lowest BCUT2D eigenvalue weighted by atomic mass is 9.74. The smallest absolute Gasteiger partial charge is 0.329 e. The van der Waals surface area contributed by atoms with E-state index in [0.29, 0.717) is 35.1 Å². The average molecular weight is 466 g/mol. The van der Waals surface area contributed by atoms with Crippen LogP contribution in [0.4, 0.5) is 10.5 Å². The van der Waals surface area contributed by atoms with Crippen molar-refractivity contribution in [2.45, 2.75) is 31.2 Å². The highest BCUT2D eigenvalue weighted by Crippen LogP contribution is 2.44. The lowest BCUT2D eigenvalue weighted by Crippen LogP contribution is -2.61. The number of rotatable bonds is 4. The predicted molar refractivity (Wildman–Crippen MR) is 126 cm³/mol. The summed E-state index contributed by atoms with van der Waals surface area (Å²) >= 11 is 6.56. The maximum Gasteiger partial charge on any atom is 0.329 e. The zero-order valence-electron chi connectivity index (χ0n) is 18.4. The number of halogens is 1. The van der Waals surface area contributed by atoms with E-state index in [4.69, 9.17) is 21.1 Å². The maximum atomic E-state index is 13.5. The molecule has 1 N–H and O–H groups in total. The molecule has 0 bridgehead atoms. The van der Waals surface area contributed by atoms with Gasteiger partial charge in [-0.3, -0.25) is 9.78 Å². The first-order valence-corrected chi connectivity index (χ1v) is 11.3. The van der Waals surface area contributed by atoms with Gasteiger partial charge in [0, 0.05) is 34.1 Å². The van der Waals surface area contributed by atoms with E-state index >= 15 is 0 Å². The fourth-order valence-electron chi connectivity index (χ4n) is 5.09. The highest BCUT2D eigenvalue weighted by atomic mass is 35.5. The molecular formula is C25H24ClN3O4. The topological polar surface area (TPSA) is 80.8 Å². The molecule has 3 atom stereocenters. The van der Waals surface area contributed by atoms with Crippen molar-refractivity contribution in [1.29, 1.82) is 0 Å². The number of methoxy groups -OCH3 is 2. The van der Waals surface area contributed by atoms with E-state index in [1.165, 1.54) is 4.90 Å². The Kier molecular flexibility index (Phi) is 5.58. The molecule has 33 heavy (non-hydrogen) atoms. The Morgan fingerprint density at radius 2 is 1.82 bits per heavy atom. The number of urea groups is 1. The molecule has 0 radical (unpaired) electrons. The van der Waals surface area contributed by atoms with Crippen LogP contribution in [0.15, 0.2) is 48.8 Å². The summed E-state index contributed by atoms with van der Waals surface area (Å²) in [6.07, 6.45) is 5.35. The second-order valence-electron chi connectivity index (χ2n) is 8.45. The van der Waals surface area contributed by atoms with Crippen molar-refractivity contribution in [3.63, 3.8) is 0 Å². The van der Waals surface area contributed by atoms with Crippen molar-refractivity contribution in [3.8, 4) is 11.5 Å². The molecule has 3 aromatic rings. The van der Waals surface area contributed by atoms with Crippen molar-refractivity contribution < 1.29 is 19.1 Å². The molecule has 1 aliphatic heterocycles. The van der Waals surface area contributed by atoms with Gasteiger partial charge in [0.2, 0.25) is 5.91 Å². The van der Waals surface area contributed by atoms with Crippen LogP contribution in [-0.4, -0.2) is 37.2 Å². The summed E-state index contributed by atoms with van der Waals surface area (Å²) in [5.41, 5.74) is 1.45. The summed E-state index contributed by atoms with van der Waals surface area (Å²) in [6.45, 7) is 0. The van der Waals surface area contributed by atoms with Crippen LogP contribution >= 0.6 is 11.6 Å². The molecule has 7 nitrogen and oxygen atoms in total. The zero-order valence-corrected chi connectivity index (χ0v) is 19.1.